The molecule has 0 aliphatic carbocycles. The molecule has 94 valence electrons. The molecule has 1 aromatic heterocycles. The Morgan fingerprint density at radius 2 is 1.83 bits per heavy atom. The number of carbonyl (C=O) groups excluding carboxylic acids is 1. The number of hydrogen-bond donors (Lipinski definition) is 0. The first kappa shape index (κ1) is 12.4. The summed E-state index contributed by atoms with van der Waals surface area (Å²) >= 11 is 0. The minimum absolute atomic E-state index is 0.314. The van der Waals surface area contributed by atoms with Gasteiger partial charge in [-0.05, 0) is 39.0 Å². The highest BCUT2D eigenvalue weighted by Gasteiger charge is 2.19. The average Bonchev–Trinajstić information content (AvgIpc) is 2.77. The van der Waals surface area contributed by atoms with Crippen molar-refractivity contribution in [2.45, 2.75) is 26.4 Å². The second-order valence-electron chi connectivity index (χ2n) is 4.98. The van der Waals surface area contributed by atoms with Gasteiger partial charge < -0.3 is 4.74 Å². The number of aromatic nitrogens is 2. The lowest BCUT2D eigenvalue weighted by Gasteiger charge is -2.18. The van der Waals surface area contributed by atoms with Gasteiger partial charge in [0.25, 0.3) is 0 Å². The van der Waals surface area contributed by atoms with Gasteiger partial charge in [-0.3, -0.25) is 0 Å². The largest absolute Gasteiger partial charge is 0.455 e. The molecule has 0 fully saturated rings. The molecule has 0 spiro atoms. The third kappa shape index (κ3) is 2.97. The Morgan fingerprint density at radius 3 is 2.44 bits per heavy atom. The molecule has 2 rings (SSSR count). The molecule has 4 nitrogen and oxygen atoms in total. The second kappa shape index (κ2) is 4.64. The number of hydrogen-bond acceptors (Lipinski definition) is 3. The van der Waals surface area contributed by atoms with Crippen LogP contribution in [0, 0.1) is 0 Å². The van der Waals surface area contributed by atoms with Crippen LogP contribution in [0.15, 0.2) is 42.6 Å². The van der Waals surface area contributed by atoms with E-state index in [0.717, 1.165) is 5.69 Å². The van der Waals surface area contributed by atoms with E-state index in [2.05, 4.69) is 5.10 Å². The number of benzene rings is 1. The zero-order chi connectivity index (χ0) is 13.2. The second-order valence-corrected chi connectivity index (χ2v) is 4.98. The minimum Gasteiger partial charge on any atom is -0.455 e. The first-order chi connectivity index (χ1) is 8.46. The molecular formula is C14H16N2O2. The number of esters is 1. The quantitative estimate of drug-likeness (QED) is 0.763. The fourth-order valence-corrected chi connectivity index (χ4v) is 1.49. The van der Waals surface area contributed by atoms with E-state index in [-0.39, 0.29) is 0 Å². The van der Waals surface area contributed by atoms with Crippen molar-refractivity contribution in [2.75, 3.05) is 0 Å². The molecule has 0 N–H and O–H groups in total. The molecule has 0 saturated heterocycles. The van der Waals surface area contributed by atoms with Crippen molar-refractivity contribution in [3.05, 3.63) is 48.3 Å². The third-order valence-corrected chi connectivity index (χ3v) is 2.22. The molecule has 1 heterocycles. The lowest BCUT2D eigenvalue weighted by molar-refractivity contribution is 0.00624. The summed E-state index contributed by atoms with van der Waals surface area (Å²) in [5, 5.41) is 4.21. The topological polar surface area (TPSA) is 44.1 Å². The lowest BCUT2D eigenvalue weighted by atomic mass is 10.2. The first-order valence-electron chi connectivity index (χ1n) is 5.80. The molecule has 18 heavy (non-hydrogen) atoms. The molecule has 0 atom stereocenters. The molecule has 1 aromatic carbocycles. The molecule has 4 heteroatoms. The fourth-order valence-electron chi connectivity index (χ4n) is 1.49. The van der Waals surface area contributed by atoms with E-state index in [1.807, 2.05) is 51.1 Å². The van der Waals surface area contributed by atoms with Gasteiger partial charge in [0.15, 0.2) is 5.69 Å². The molecule has 0 radical (unpaired) electrons. The van der Waals surface area contributed by atoms with Crippen LogP contribution in [0.5, 0.6) is 0 Å². The van der Waals surface area contributed by atoms with Gasteiger partial charge in [0.05, 0.1) is 5.69 Å². The Balaban J connectivity index is 2.19. The van der Waals surface area contributed by atoms with Gasteiger partial charge in [-0.15, -0.1) is 0 Å². The maximum Gasteiger partial charge on any atom is 0.359 e. The van der Waals surface area contributed by atoms with E-state index < -0.39 is 11.6 Å². The van der Waals surface area contributed by atoms with Crippen molar-refractivity contribution in [1.82, 2.24) is 9.78 Å². The summed E-state index contributed by atoms with van der Waals surface area (Å²) in [5.41, 5.74) is 0.717. The summed E-state index contributed by atoms with van der Waals surface area (Å²) in [7, 11) is 0. The minimum atomic E-state index is -0.506. The average molecular weight is 244 g/mol. The molecule has 2 aromatic rings. The van der Waals surface area contributed by atoms with Gasteiger partial charge in [0.2, 0.25) is 0 Å². The van der Waals surface area contributed by atoms with E-state index >= 15 is 0 Å². The number of rotatable bonds is 2. The van der Waals surface area contributed by atoms with Gasteiger partial charge in [-0.1, -0.05) is 18.2 Å². The van der Waals surface area contributed by atoms with Crippen LogP contribution in [0.4, 0.5) is 0 Å². The van der Waals surface area contributed by atoms with E-state index in [0.29, 0.717) is 5.69 Å². The van der Waals surface area contributed by atoms with Crippen LogP contribution in [-0.4, -0.2) is 21.4 Å². The normalized spacial score (nSPS) is 11.3. The Hall–Kier alpha value is -2.10. The fraction of sp³-hybridized carbons (Fsp3) is 0.286. The van der Waals surface area contributed by atoms with Crippen molar-refractivity contribution < 1.29 is 9.53 Å². The van der Waals surface area contributed by atoms with Crippen LogP contribution in [0.2, 0.25) is 0 Å². The van der Waals surface area contributed by atoms with E-state index in [1.165, 1.54) is 0 Å². The molecule has 0 amide bonds. The Morgan fingerprint density at radius 1 is 1.17 bits per heavy atom. The van der Waals surface area contributed by atoms with Crippen LogP contribution in [0.3, 0.4) is 0 Å². The SMILES string of the molecule is CC(C)(C)OC(=O)c1ccn(-c2ccccc2)n1. The summed E-state index contributed by atoms with van der Waals surface area (Å²) in [4.78, 5) is 11.8. The molecule has 0 aliphatic heterocycles. The molecule has 0 unspecified atom stereocenters. The predicted octanol–water partition coefficient (Wildman–Crippen LogP) is 2.83. The summed E-state index contributed by atoms with van der Waals surface area (Å²) in [6, 6.07) is 11.3. The van der Waals surface area contributed by atoms with Crippen LogP contribution < -0.4 is 0 Å². The van der Waals surface area contributed by atoms with Crippen molar-refractivity contribution in [1.29, 1.82) is 0 Å². The van der Waals surface area contributed by atoms with Crippen molar-refractivity contribution in [2.24, 2.45) is 0 Å². The summed E-state index contributed by atoms with van der Waals surface area (Å²) < 4.78 is 6.91. The summed E-state index contributed by atoms with van der Waals surface area (Å²) in [6.07, 6.45) is 1.74. The number of nitrogens with zero attached hydrogens (tertiary/aromatic N) is 2. The highest BCUT2D eigenvalue weighted by atomic mass is 16.6. The predicted molar refractivity (Wildman–Crippen MR) is 68.7 cm³/mol. The Bertz CT molecular complexity index is 538. The van der Waals surface area contributed by atoms with Crippen LogP contribution in [0.25, 0.3) is 5.69 Å². The molecule has 0 bridgehead atoms. The van der Waals surface area contributed by atoms with Gasteiger partial charge in [0.1, 0.15) is 5.60 Å². The van der Waals surface area contributed by atoms with Crippen molar-refractivity contribution >= 4 is 5.97 Å². The highest BCUT2D eigenvalue weighted by Crippen LogP contribution is 2.12. The Kier molecular flexibility index (Phi) is 3.19. The summed E-state index contributed by atoms with van der Waals surface area (Å²) in [5.74, 6) is -0.405. The monoisotopic (exact) mass is 244 g/mol. The van der Waals surface area contributed by atoms with E-state index in [9.17, 15) is 4.79 Å². The van der Waals surface area contributed by atoms with Gasteiger partial charge >= 0.3 is 5.97 Å². The molecular weight excluding hydrogens is 228 g/mol. The first-order valence-corrected chi connectivity index (χ1v) is 5.80. The highest BCUT2D eigenvalue weighted by molar-refractivity contribution is 5.87. The number of para-hydroxylation sites is 1. The standard InChI is InChI=1S/C14H16N2O2/c1-14(2,3)18-13(17)12-9-10-16(15-12)11-7-5-4-6-8-11/h4-10H,1-3H3. The zero-order valence-electron chi connectivity index (χ0n) is 10.8. The molecule has 0 saturated carbocycles. The molecule has 0 aliphatic rings. The maximum atomic E-state index is 11.8. The number of ether oxygens (including phenoxy) is 1. The van der Waals surface area contributed by atoms with Gasteiger partial charge in [0, 0.05) is 6.20 Å². The van der Waals surface area contributed by atoms with Crippen LogP contribution in [0.1, 0.15) is 31.3 Å². The van der Waals surface area contributed by atoms with Crippen LogP contribution >= 0.6 is 0 Å². The van der Waals surface area contributed by atoms with Crippen LogP contribution in [-0.2, 0) is 4.74 Å². The Labute approximate surface area is 106 Å². The maximum absolute atomic E-state index is 11.8. The zero-order valence-corrected chi connectivity index (χ0v) is 10.8. The van der Waals surface area contributed by atoms with Crippen molar-refractivity contribution in [3.63, 3.8) is 0 Å². The van der Waals surface area contributed by atoms with E-state index in [1.54, 1.807) is 16.9 Å². The van der Waals surface area contributed by atoms with E-state index in [4.69, 9.17) is 4.74 Å². The third-order valence-electron chi connectivity index (χ3n) is 2.22. The number of carbonyl (C=O) groups is 1. The van der Waals surface area contributed by atoms with Gasteiger partial charge in [-0.25, -0.2) is 9.48 Å². The van der Waals surface area contributed by atoms with Crippen molar-refractivity contribution in [3.8, 4) is 5.69 Å². The lowest BCUT2D eigenvalue weighted by Crippen LogP contribution is -2.24. The smallest absolute Gasteiger partial charge is 0.359 e. The van der Waals surface area contributed by atoms with Gasteiger partial charge in [-0.2, -0.15) is 5.10 Å². The summed E-state index contributed by atoms with van der Waals surface area (Å²) in [6.45, 7) is 5.50.